The van der Waals surface area contributed by atoms with Crippen LogP contribution < -0.4 is 10.6 Å². The number of carbonyl (C=O) groups excluding carboxylic acids is 3. The number of hydrogen-bond acceptors (Lipinski definition) is 4. The molecule has 1 aromatic rings. The molecule has 36 heavy (non-hydrogen) atoms. The van der Waals surface area contributed by atoms with Crippen LogP contribution in [-0.4, -0.2) is 47.0 Å². The highest BCUT2D eigenvalue weighted by Gasteiger charge is 2.37. The van der Waals surface area contributed by atoms with Crippen LogP contribution in [0.15, 0.2) is 18.2 Å². The van der Waals surface area contributed by atoms with Gasteiger partial charge in [-0.2, -0.15) is 0 Å². The van der Waals surface area contributed by atoms with Crippen LogP contribution in [0.1, 0.15) is 104 Å². The Bertz CT molecular complexity index is 874. The summed E-state index contributed by atoms with van der Waals surface area (Å²) in [6, 6.07) is 4.18. The Morgan fingerprint density at radius 3 is 2.08 bits per heavy atom. The second-order valence-corrected chi connectivity index (χ2v) is 11.4. The van der Waals surface area contributed by atoms with Gasteiger partial charge in [0.05, 0.1) is 0 Å². The standard InChI is InChI=1S/C29H49N3O4/c1-11-12-13-14-17-32(27(34)24(19(2)3)31-28(35)36-29(8,9)10)25(26(33)30-20(4)5)23-16-15-21(6)22(7)18-23/h15-16,18-20,24-25H,11-14,17H2,1-10H3,(H,30,33)(H,31,35). The van der Waals surface area contributed by atoms with E-state index in [0.717, 1.165) is 42.4 Å². The van der Waals surface area contributed by atoms with E-state index in [0.29, 0.717) is 6.54 Å². The molecule has 0 fully saturated rings. The Hall–Kier alpha value is -2.57. The second kappa shape index (κ2) is 14.2. The maximum atomic E-state index is 14.1. The number of carbonyl (C=O) groups is 3. The van der Waals surface area contributed by atoms with E-state index < -0.39 is 23.8 Å². The third-order valence-electron chi connectivity index (χ3n) is 5.98. The summed E-state index contributed by atoms with van der Waals surface area (Å²) >= 11 is 0. The number of alkyl carbamates (subject to hydrolysis) is 1. The fraction of sp³-hybridized carbons (Fsp3) is 0.690. The molecule has 0 aliphatic heterocycles. The van der Waals surface area contributed by atoms with Gasteiger partial charge in [0.1, 0.15) is 17.7 Å². The Morgan fingerprint density at radius 2 is 1.58 bits per heavy atom. The molecule has 3 amide bonds. The summed E-state index contributed by atoms with van der Waals surface area (Å²) in [6.07, 6.45) is 3.20. The third-order valence-corrected chi connectivity index (χ3v) is 5.98. The van der Waals surface area contributed by atoms with Crippen LogP contribution in [0.25, 0.3) is 0 Å². The zero-order valence-electron chi connectivity index (χ0n) is 24.2. The van der Waals surface area contributed by atoms with Gasteiger partial charge in [-0.15, -0.1) is 0 Å². The second-order valence-electron chi connectivity index (χ2n) is 11.4. The van der Waals surface area contributed by atoms with Gasteiger partial charge >= 0.3 is 6.09 Å². The highest BCUT2D eigenvalue weighted by atomic mass is 16.6. The molecule has 2 unspecified atom stereocenters. The lowest BCUT2D eigenvalue weighted by Gasteiger charge is -2.36. The summed E-state index contributed by atoms with van der Waals surface area (Å²) in [5, 5.41) is 5.78. The van der Waals surface area contributed by atoms with Crippen molar-refractivity contribution >= 4 is 17.9 Å². The monoisotopic (exact) mass is 503 g/mol. The first-order valence-electron chi connectivity index (χ1n) is 13.3. The van der Waals surface area contributed by atoms with Crippen molar-refractivity contribution in [2.24, 2.45) is 5.92 Å². The first-order chi connectivity index (χ1) is 16.7. The minimum absolute atomic E-state index is 0.0793. The van der Waals surface area contributed by atoms with Crippen molar-refractivity contribution in [3.63, 3.8) is 0 Å². The molecule has 0 radical (unpaired) electrons. The quantitative estimate of drug-likeness (QED) is 0.352. The van der Waals surface area contributed by atoms with Gasteiger partial charge < -0.3 is 20.3 Å². The largest absolute Gasteiger partial charge is 0.444 e. The van der Waals surface area contributed by atoms with Gasteiger partial charge in [0.2, 0.25) is 11.8 Å². The molecule has 0 saturated carbocycles. The van der Waals surface area contributed by atoms with Crippen molar-refractivity contribution in [1.29, 1.82) is 0 Å². The van der Waals surface area contributed by atoms with Gasteiger partial charge in [0.15, 0.2) is 0 Å². The highest BCUT2D eigenvalue weighted by molar-refractivity contribution is 5.92. The molecule has 1 rings (SSSR count). The molecule has 7 nitrogen and oxygen atoms in total. The summed E-state index contributed by atoms with van der Waals surface area (Å²) < 4.78 is 5.44. The van der Waals surface area contributed by atoms with Crippen molar-refractivity contribution in [1.82, 2.24) is 15.5 Å². The first kappa shape index (κ1) is 31.5. The lowest BCUT2D eigenvalue weighted by molar-refractivity contribution is -0.143. The molecule has 1 aromatic carbocycles. The van der Waals surface area contributed by atoms with Gasteiger partial charge in [-0.05, 0) is 77.5 Å². The minimum Gasteiger partial charge on any atom is -0.444 e. The maximum Gasteiger partial charge on any atom is 0.408 e. The number of amides is 3. The molecule has 7 heteroatoms. The number of unbranched alkanes of at least 4 members (excludes halogenated alkanes) is 3. The van der Waals surface area contributed by atoms with Crippen LogP contribution >= 0.6 is 0 Å². The average Bonchev–Trinajstić information content (AvgIpc) is 2.74. The molecule has 204 valence electrons. The molecule has 0 saturated heterocycles. The van der Waals surface area contributed by atoms with E-state index in [2.05, 4.69) is 17.6 Å². The van der Waals surface area contributed by atoms with E-state index >= 15 is 0 Å². The van der Waals surface area contributed by atoms with E-state index in [9.17, 15) is 14.4 Å². The molecule has 0 aromatic heterocycles. The van der Waals surface area contributed by atoms with Crippen molar-refractivity contribution in [2.75, 3.05) is 6.54 Å². The van der Waals surface area contributed by atoms with Crippen LogP contribution in [0.4, 0.5) is 4.79 Å². The topological polar surface area (TPSA) is 87.7 Å². The maximum absolute atomic E-state index is 14.1. The Balaban J connectivity index is 3.49. The Morgan fingerprint density at radius 1 is 0.944 bits per heavy atom. The predicted octanol–water partition coefficient (Wildman–Crippen LogP) is 5.83. The predicted molar refractivity (Wildman–Crippen MR) is 146 cm³/mol. The highest BCUT2D eigenvalue weighted by Crippen LogP contribution is 2.27. The number of benzene rings is 1. The van der Waals surface area contributed by atoms with Gasteiger partial charge in [-0.1, -0.05) is 58.2 Å². The molecule has 0 aliphatic rings. The van der Waals surface area contributed by atoms with Crippen LogP contribution in [0.3, 0.4) is 0 Å². The van der Waals surface area contributed by atoms with Crippen LogP contribution in [0.2, 0.25) is 0 Å². The summed E-state index contributed by atoms with van der Waals surface area (Å²) in [5.74, 6) is -0.705. The van der Waals surface area contributed by atoms with Gasteiger partial charge in [-0.3, -0.25) is 9.59 Å². The summed E-state index contributed by atoms with van der Waals surface area (Å²) in [7, 11) is 0. The summed E-state index contributed by atoms with van der Waals surface area (Å²) in [6.45, 7) is 19.5. The molecular weight excluding hydrogens is 454 g/mol. The lowest BCUT2D eigenvalue weighted by Crippen LogP contribution is -2.55. The zero-order valence-corrected chi connectivity index (χ0v) is 24.2. The van der Waals surface area contributed by atoms with Crippen molar-refractivity contribution in [3.05, 3.63) is 34.9 Å². The Labute approximate surface area is 218 Å². The zero-order chi connectivity index (χ0) is 27.6. The molecule has 2 atom stereocenters. The summed E-state index contributed by atoms with van der Waals surface area (Å²) in [5.41, 5.74) is 2.25. The number of ether oxygens (including phenoxy) is 1. The fourth-order valence-corrected chi connectivity index (χ4v) is 3.97. The lowest BCUT2D eigenvalue weighted by atomic mass is 9.96. The third kappa shape index (κ3) is 10.2. The number of hydrogen-bond donors (Lipinski definition) is 2. The van der Waals surface area contributed by atoms with Crippen LogP contribution in [0, 0.1) is 19.8 Å². The molecule has 0 spiro atoms. The normalized spacial score (nSPS) is 13.3. The smallest absolute Gasteiger partial charge is 0.408 e. The van der Waals surface area contributed by atoms with Gasteiger partial charge in [0, 0.05) is 12.6 Å². The number of rotatable bonds is 12. The van der Waals surface area contributed by atoms with E-state index in [-0.39, 0.29) is 23.8 Å². The Kier molecular flexibility index (Phi) is 12.4. The van der Waals surface area contributed by atoms with Crippen LogP contribution in [-0.2, 0) is 14.3 Å². The molecule has 0 heterocycles. The first-order valence-corrected chi connectivity index (χ1v) is 13.3. The summed E-state index contributed by atoms with van der Waals surface area (Å²) in [4.78, 5) is 41.9. The van der Waals surface area contributed by atoms with E-state index in [1.54, 1.807) is 25.7 Å². The van der Waals surface area contributed by atoms with Crippen molar-refractivity contribution in [2.45, 2.75) is 119 Å². The van der Waals surface area contributed by atoms with Crippen molar-refractivity contribution < 1.29 is 19.1 Å². The number of nitrogens with one attached hydrogen (secondary N) is 2. The molecule has 0 bridgehead atoms. The van der Waals surface area contributed by atoms with E-state index in [1.807, 2.05) is 59.7 Å². The van der Waals surface area contributed by atoms with Gasteiger partial charge in [-0.25, -0.2) is 4.79 Å². The van der Waals surface area contributed by atoms with Gasteiger partial charge in [0.25, 0.3) is 0 Å². The average molecular weight is 504 g/mol. The fourth-order valence-electron chi connectivity index (χ4n) is 3.97. The number of aryl methyl sites for hydroxylation is 2. The van der Waals surface area contributed by atoms with Crippen molar-refractivity contribution in [3.8, 4) is 0 Å². The van der Waals surface area contributed by atoms with E-state index in [4.69, 9.17) is 4.74 Å². The molecule has 2 N–H and O–H groups in total. The number of nitrogens with zero attached hydrogens (tertiary/aromatic N) is 1. The van der Waals surface area contributed by atoms with E-state index in [1.165, 1.54) is 0 Å². The molecule has 0 aliphatic carbocycles. The minimum atomic E-state index is -0.827. The van der Waals surface area contributed by atoms with Crippen LogP contribution in [0.5, 0.6) is 0 Å². The SMILES string of the molecule is CCCCCCN(C(=O)C(NC(=O)OC(C)(C)C)C(C)C)C(C(=O)NC(C)C)c1ccc(C)c(C)c1. The molecular formula is C29H49N3O4.